The summed E-state index contributed by atoms with van der Waals surface area (Å²) >= 11 is 0. The lowest BCUT2D eigenvalue weighted by atomic mass is 10.1. The first-order chi connectivity index (χ1) is 14.4. The van der Waals surface area contributed by atoms with Gasteiger partial charge < -0.3 is 25.0 Å². The van der Waals surface area contributed by atoms with Crippen molar-refractivity contribution in [2.24, 2.45) is 0 Å². The summed E-state index contributed by atoms with van der Waals surface area (Å²) in [5.41, 5.74) is 4.24. The first-order valence-corrected chi connectivity index (χ1v) is 10.0. The van der Waals surface area contributed by atoms with Crippen molar-refractivity contribution in [2.45, 2.75) is 32.7 Å². The van der Waals surface area contributed by atoms with E-state index in [2.05, 4.69) is 10.6 Å². The zero-order valence-electron chi connectivity index (χ0n) is 18.0. The van der Waals surface area contributed by atoms with Crippen LogP contribution in [0.2, 0.25) is 0 Å². The molecule has 0 saturated carbocycles. The summed E-state index contributed by atoms with van der Waals surface area (Å²) in [7, 11) is 3.19. The summed E-state index contributed by atoms with van der Waals surface area (Å²) in [5.74, 6) is 1.36. The highest BCUT2D eigenvalue weighted by Crippen LogP contribution is 2.27. The fourth-order valence-electron chi connectivity index (χ4n) is 3.54. The van der Waals surface area contributed by atoms with Crippen LogP contribution in [0.4, 0.5) is 10.5 Å². The van der Waals surface area contributed by atoms with Crippen molar-refractivity contribution < 1.29 is 19.1 Å². The molecule has 7 heteroatoms. The molecule has 7 nitrogen and oxygen atoms in total. The van der Waals surface area contributed by atoms with Gasteiger partial charge in [0.25, 0.3) is 0 Å². The van der Waals surface area contributed by atoms with Crippen LogP contribution in [0.1, 0.15) is 23.1 Å². The number of aryl methyl sites for hydroxylation is 2. The number of hydrogen-bond donors (Lipinski definition) is 2. The number of urea groups is 1. The van der Waals surface area contributed by atoms with E-state index in [9.17, 15) is 9.59 Å². The smallest absolute Gasteiger partial charge is 0.315 e. The SMILES string of the molecule is COc1ccc(CCNC(=O)N[C@@H]2CC(=O)N(c3ccc(C)c(C)c3)C2)cc1OC. The van der Waals surface area contributed by atoms with Crippen molar-refractivity contribution in [1.29, 1.82) is 0 Å². The van der Waals surface area contributed by atoms with Gasteiger partial charge in [0.2, 0.25) is 5.91 Å². The molecule has 0 unspecified atom stereocenters. The standard InChI is InChI=1S/C23H29N3O4/c1-15-5-7-19(11-16(15)2)26-14-18(13-22(26)27)25-23(28)24-10-9-17-6-8-20(29-3)21(12-17)30-4/h5-8,11-12,18H,9-10,13-14H2,1-4H3,(H2,24,25,28)/t18-/m1/s1. The summed E-state index contributed by atoms with van der Waals surface area (Å²) in [5, 5.41) is 5.76. The molecular weight excluding hydrogens is 382 g/mol. The van der Waals surface area contributed by atoms with Crippen molar-refractivity contribution in [2.75, 3.05) is 32.2 Å². The van der Waals surface area contributed by atoms with Crippen molar-refractivity contribution in [3.05, 3.63) is 53.1 Å². The van der Waals surface area contributed by atoms with Crippen molar-refractivity contribution in [3.8, 4) is 11.5 Å². The van der Waals surface area contributed by atoms with E-state index in [1.54, 1.807) is 19.1 Å². The molecule has 1 fully saturated rings. The molecule has 0 spiro atoms. The quantitative estimate of drug-likeness (QED) is 0.734. The number of hydrogen-bond acceptors (Lipinski definition) is 4. The Balaban J connectivity index is 1.48. The average Bonchev–Trinajstić information content (AvgIpc) is 3.09. The number of nitrogens with zero attached hydrogens (tertiary/aromatic N) is 1. The number of nitrogens with one attached hydrogen (secondary N) is 2. The molecule has 2 aromatic rings. The number of carbonyl (C=O) groups is 2. The van der Waals surface area contributed by atoms with Gasteiger partial charge in [-0.3, -0.25) is 4.79 Å². The monoisotopic (exact) mass is 411 g/mol. The molecule has 3 amide bonds. The van der Waals surface area contributed by atoms with E-state index in [0.717, 1.165) is 16.8 Å². The minimum absolute atomic E-state index is 0.0221. The van der Waals surface area contributed by atoms with Gasteiger partial charge in [-0.1, -0.05) is 12.1 Å². The number of amides is 3. The van der Waals surface area contributed by atoms with E-state index in [-0.39, 0.29) is 18.0 Å². The van der Waals surface area contributed by atoms with Gasteiger partial charge in [0, 0.05) is 25.2 Å². The van der Waals surface area contributed by atoms with Crippen LogP contribution in [0.5, 0.6) is 11.5 Å². The Labute approximate surface area is 177 Å². The number of anilines is 1. The Morgan fingerprint density at radius 3 is 2.53 bits per heavy atom. The number of benzene rings is 2. The minimum Gasteiger partial charge on any atom is -0.493 e. The Kier molecular flexibility index (Phi) is 6.82. The topological polar surface area (TPSA) is 79.9 Å². The summed E-state index contributed by atoms with van der Waals surface area (Å²) in [4.78, 5) is 26.4. The van der Waals surface area contributed by atoms with Gasteiger partial charge in [0.05, 0.1) is 20.3 Å². The average molecular weight is 412 g/mol. The van der Waals surface area contributed by atoms with Gasteiger partial charge in [-0.05, 0) is 61.2 Å². The molecule has 1 aliphatic heterocycles. The maximum Gasteiger partial charge on any atom is 0.315 e. The second-order valence-electron chi connectivity index (χ2n) is 7.51. The number of ether oxygens (including phenoxy) is 2. The molecule has 1 aliphatic rings. The molecule has 0 radical (unpaired) electrons. The molecule has 1 saturated heterocycles. The van der Waals surface area contributed by atoms with Crippen LogP contribution >= 0.6 is 0 Å². The number of rotatable bonds is 7. The predicted octanol–water partition coefficient (Wildman–Crippen LogP) is 2.97. The summed E-state index contributed by atoms with van der Waals surface area (Å²) in [6, 6.07) is 11.2. The van der Waals surface area contributed by atoms with Crippen LogP contribution in [0, 0.1) is 13.8 Å². The van der Waals surface area contributed by atoms with E-state index < -0.39 is 0 Å². The molecule has 0 aliphatic carbocycles. The van der Waals surface area contributed by atoms with Gasteiger partial charge >= 0.3 is 6.03 Å². The Hall–Kier alpha value is -3.22. The molecule has 3 rings (SSSR count). The van der Waals surface area contributed by atoms with Gasteiger partial charge in [-0.2, -0.15) is 0 Å². The Morgan fingerprint density at radius 1 is 1.07 bits per heavy atom. The zero-order valence-corrected chi connectivity index (χ0v) is 18.0. The van der Waals surface area contributed by atoms with Crippen LogP contribution < -0.4 is 25.0 Å². The number of carbonyl (C=O) groups excluding carboxylic acids is 2. The molecule has 2 aromatic carbocycles. The first-order valence-electron chi connectivity index (χ1n) is 10.0. The van der Waals surface area contributed by atoms with E-state index in [1.165, 1.54) is 5.56 Å². The molecule has 30 heavy (non-hydrogen) atoms. The van der Waals surface area contributed by atoms with E-state index >= 15 is 0 Å². The lowest BCUT2D eigenvalue weighted by Gasteiger charge is -2.18. The van der Waals surface area contributed by atoms with Crippen LogP contribution in [-0.2, 0) is 11.2 Å². The summed E-state index contributed by atoms with van der Waals surface area (Å²) in [6.07, 6.45) is 0.960. The summed E-state index contributed by atoms with van der Waals surface area (Å²) < 4.78 is 10.5. The van der Waals surface area contributed by atoms with Gasteiger partial charge in [0.1, 0.15) is 0 Å². The molecule has 1 heterocycles. The van der Waals surface area contributed by atoms with Crippen LogP contribution in [0.25, 0.3) is 0 Å². The first kappa shape index (κ1) is 21.5. The molecule has 2 N–H and O–H groups in total. The van der Waals surface area contributed by atoms with Gasteiger partial charge in [0.15, 0.2) is 11.5 Å². The Bertz CT molecular complexity index is 929. The maximum atomic E-state index is 12.4. The third-order valence-corrected chi connectivity index (χ3v) is 5.41. The fourth-order valence-corrected chi connectivity index (χ4v) is 3.54. The number of methoxy groups -OCH3 is 2. The second kappa shape index (κ2) is 9.52. The van der Waals surface area contributed by atoms with Gasteiger partial charge in [-0.15, -0.1) is 0 Å². The maximum absolute atomic E-state index is 12.4. The lowest BCUT2D eigenvalue weighted by molar-refractivity contribution is -0.117. The molecule has 0 bridgehead atoms. The van der Waals surface area contributed by atoms with Crippen LogP contribution in [0.3, 0.4) is 0 Å². The second-order valence-corrected chi connectivity index (χ2v) is 7.51. The highest BCUT2D eigenvalue weighted by Gasteiger charge is 2.31. The largest absolute Gasteiger partial charge is 0.493 e. The highest BCUT2D eigenvalue weighted by molar-refractivity contribution is 5.96. The van der Waals surface area contributed by atoms with Crippen LogP contribution in [-0.4, -0.2) is 45.3 Å². The van der Waals surface area contributed by atoms with E-state index in [0.29, 0.717) is 37.4 Å². The van der Waals surface area contributed by atoms with E-state index in [4.69, 9.17) is 9.47 Å². The minimum atomic E-state index is -0.268. The molecule has 0 aromatic heterocycles. The zero-order chi connectivity index (χ0) is 21.7. The lowest BCUT2D eigenvalue weighted by Crippen LogP contribution is -2.43. The molecule has 1 atom stereocenters. The third-order valence-electron chi connectivity index (χ3n) is 5.41. The Morgan fingerprint density at radius 2 is 1.83 bits per heavy atom. The van der Waals surface area contributed by atoms with Crippen molar-refractivity contribution >= 4 is 17.6 Å². The highest BCUT2D eigenvalue weighted by atomic mass is 16.5. The fraction of sp³-hybridized carbons (Fsp3) is 0.391. The third kappa shape index (κ3) is 5.03. The predicted molar refractivity (Wildman–Crippen MR) is 116 cm³/mol. The molecular formula is C23H29N3O4. The van der Waals surface area contributed by atoms with Crippen molar-refractivity contribution in [1.82, 2.24) is 10.6 Å². The normalized spacial score (nSPS) is 15.8. The van der Waals surface area contributed by atoms with Crippen molar-refractivity contribution in [3.63, 3.8) is 0 Å². The summed E-state index contributed by atoms with van der Waals surface area (Å²) in [6.45, 7) is 5.02. The van der Waals surface area contributed by atoms with E-state index in [1.807, 2.05) is 50.2 Å². The molecule has 160 valence electrons. The van der Waals surface area contributed by atoms with Gasteiger partial charge in [-0.25, -0.2) is 4.79 Å². The van der Waals surface area contributed by atoms with Crippen LogP contribution in [0.15, 0.2) is 36.4 Å².